The van der Waals surface area contributed by atoms with Crippen molar-refractivity contribution < 1.29 is 14.1 Å². The summed E-state index contributed by atoms with van der Waals surface area (Å²) in [4.78, 5) is 11.6. The lowest BCUT2D eigenvalue weighted by Crippen LogP contribution is -2.23. The number of allylic oxidation sites excluding steroid dienone is 1. The third-order valence-electron chi connectivity index (χ3n) is 4.44. The van der Waals surface area contributed by atoms with Crippen LogP contribution >= 0.6 is 0 Å². The maximum Gasteiger partial charge on any atom is 0.346 e. The molecule has 0 aromatic carbocycles. The van der Waals surface area contributed by atoms with Gasteiger partial charge >= 0.3 is 5.97 Å². The van der Waals surface area contributed by atoms with Gasteiger partial charge in [-0.05, 0) is 31.4 Å². The summed E-state index contributed by atoms with van der Waals surface area (Å²) in [7, 11) is 2.06. The third kappa shape index (κ3) is 8.04. The SMILES string of the molecule is C[n+]1ccn(CCCCCCCCCCCOC(=O)C2=C=CC=C2)c1. The lowest BCUT2D eigenvalue weighted by Gasteiger charge is -2.04. The fourth-order valence-electron chi connectivity index (χ4n) is 2.97. The predicted molar refractivity (Wildman–Crippen MR) is 98.9 cm³/mol. The Kier molecular flexibility index (Phi) is 8.85. The highest BCUT2D eigenvalue weighted by Gasteiger charge is 2.08. The third-order valence-corrected chi connectivity index (χ3v) is 4.44. The maximum atomic E-state index is 11.6. The Morgan fingerprint density at radius 2 is 1.76 bits per heavy atom. The van der Waals surface area contributed by atoms with Gasteiger partial charge in [-0.3, -0.25) is 0 Å². The topological polar surface area (TPSA) is 35.1 Å². The van der Waals surface area contributed by atoms with E-state index < -0.39 is 0 Å². The molecular formula is C21H31N2O2+. The van der Waals surface area contributed by atoms with Gasteiger partial charge in [0.15, 0.2) is 0 Å². The van der Waals surface area contributed by atoms with Crippen LogP contribution in [-0.2, 0) is 23.1 Å². The number of imidazole rings is 1. The van der Waals surface area contributed by atoms with Crippen molar-refractivity contribution in [3.05, 3.63) is 48.3 Å². The summed E-state index contributed by atoms with van der Waals surface area (Å²) in [5.41, 5.74) is 3.39. The molecule has 4 heteroatoms. The molecule has 25 heavy (non-hydrogen) atoms. The first-order chi connectivity index (χ1) is 12.3. The summed E-state index contributed by atoms with van der Waals surface area (Å²) in [6.07, 6.45) is 22.8. The molecule has 0 unspecified atom stereocenters. The van der Waals surface area contributed by atoms with Crippen LogP contribution < -0.4 is 4.57 Å². The van der Waals surface area contributed by atoms with Gasteiger partial charge in [0.1, 0.15) is 18.0 Å². The van der Waals surface area contributed by atoms with E-state index in [1.54, 1.807) is 18.2 Å². The molecule has 136 valence electrons. The normalized spacial score (nSPS) is 12.6. The molecule has 0 saturated carbocycles. The van der Waals surface area contributed by atoms with E-state index in [0.717, 1.165) is 19.4 Å². The van der Waals surface area contributed by atoms with Crippen molar-refractivity contribution in [2.24, 2.45) is 7.05 Å². The van der Waals surface area contributed by atoms with Gasteiger partial charge in [0.05, 0.1) is 20.2 Å². The number of esters is 1. The molecule has 0 saturated heterocycles. The van der Waals surface area contributed by atoms with Crippen LogP contribution in [0.4, 0.5) is 0 Å². The van der Waals surface area contributed by atoms with Gasteiger partial charge < -0.3 is 4.74 Å². The van der Waals surface area contributed by atoms with Crippen molar-refractivity contribution in [3.63, 3.8) is 0 Å². The van der Waals surface area contributed by atoms with E-state index in [2.05, 4.69) is 40.6 Å². The standard InChI is InChI=1S/C21H31N2O2/c1-22-16-17-23(19-22)15-11-7-5-3-2-4-6-8-12-18-25-21(24)20-13-9-10-14-20/h9-10,13,16-17,19H,2-8,11-12,15,18H2,1H3/q+1. The summed E-state index contributed by atoms with van der Waals surface area (Å²) in [6, 6.07) is 0. The van der Waals surface area contributed by atoms with Crippen molar-refractivity contribution in [1.82, 2.24) is 4.57 Å². The number of aryl methyl sites for hydroxylation is 2. The minimum absolute atomic E-state index is 0.251. The molecule has 0 aliphatic heterocycles. The average molecular weight is 343 g/mol. The molecule has 1 aromatic heterocycles. The molecule has 0 N–H and O–H groups in total. The zero-order valence-electron chi connectivity index (χ0n) is 15.5. The number of carbonyl (C=O) groups is 1. The fourth-order valence-corrected chi connectivity index (χ4v) is 2.97. The molecule has 4 nitrogen and oxygen atoms in total. The Bertz CT molecular complexity index is 622. The Morgan fingerprint density at radius 3 is 2.36 bits per heavy atom. The number of aromatic nitrogens is 2. The molecule has 1 aliphatic carbocycles. The first-order valence-corrected chi connectivity index (χ1v) is 9.57. The van der Waals surface area contributed by atoms with E-state index in [9.17, 15) is 4.79 Å². The van der Waals surface area contributed by atoms with Crippen LogP contribution in [0.5, 0.6) is 0 Å². The van der Waals surface area contributed by atoms with Crippen LogP contribution in [0.3, 0.4) is 0 Å². The number of hydrogen-bond acceptors (Lipinski definition) is 2. The van der Waals surface area contributed by atoms with Crippen molar-refractivity contribution >= 4 is 5.97 Å². The summed E-state index contributed by atoms with van der Waals surface area (Å²) in [6.45, 7) is 1.65. The maximum absolute atomic E-state index is 11.6. The largest absolute Gasteiger partial charge is 0.462 e. The van der Waals surface area contributed by atoms with Crippen LogP contribution in [0.15, 0.2) is 48.3 Å². The second-order valence-electron chi connectivity index (χ2n) is 6.72. The zero-order chi connectivity index (χ0) is 17.7. The molecular weight excluding hydrogens is 312 g/mol. The number of unbranched alkanes of at least 4 members (excludes halogenated alkanes) is 8. The lowest BCUT2D eigenvalue weighted by atomic mass is 10.1. The Morgan fingerprint density at radius 1 is 1.08 bits per heavy atom. The molecule has 1 heterocycles. The average Bonchev–Trinajstić information content (AvgIpc) is 3.27. The minimum Gasteiger partial charge on any atom is -0.462 e. The van der Waals surface area contributed by atoms with Crippen LogP contribution in [0.2, 0.25) is 0 Å². The fraction of sp³-hybridized carbons (Fsp3) is 0.571. The molecule has 0 radical (unpaired) electrons. The number of nitrogens with zero attached hydrogens (tertiary/aromatic N) is 2. The quantitative estimate of drug-likeness (QED) is 0.235. The highest BCUT2D eigenvalue weighted by molar-refractivity contribution is 5.92. The second kappa shape index (κ2) is 11.5. The van der Waals surface area contributed by atoms with E-state index in [1.165, 1.54) is 44.9 Å². The highest BCUT2D eigenvalue weighted by atomic mass is 16.5. The van der Waals surface area contributed by atoms with Crippen LogP contribution in [0.25, 0.3) is 0 Å². The molecule has 0 atom stereocenters. The van der Waals surface area contributed by atoms with Gasteiger partial charge in [0.2, 0.25) is 6.33 Å². The monoisotopic (exact) mass is 343 g/mol. The minimum atomic E-state index is -0.251. The second-order valence-corrected chi connectivity index (χ2v) is 6.72. The van der Waals surface area contributed by atoms with Gasteiger partial charge in [-0.15, -0.1) is 5.73 Å². The predicted octanol–water partition coefficient (Wildman–Crippen LogP) is 4.02. The number of hydrogen-bond donors (Lipinski definition) is 0. The van der Waals surface area contributed by atoms with Crippen molar-refractivity contribution in [2.75, 3.05) is 6.61 Å². The van der Waals surface area contributed by atoms with E-state index in [1.807, 2.05) is 0 Å². The first-order valence-electron chi connectivity index (χ1n) is 9.57. The number of ether oxygens (including phenoxy) is 1. The van der Waals surface area contributed by atoms with Gasteiger partial charge in [-0.1, -0.05) is 44.6 Å². The van der Waals surface area contributed by atoms with Crippen molar-refractivity contribution in [3.8, 4) is 0 Å². The summed E-state index contributed by atoms with van der Waals surface area (Å²) in [5.74, 6) is -0.251. The lowest BCUT2D eigenvalue weighted by molar-refractivity contribution is -0.671. The molecule has 0 bridgehead atoms. The van der Waals surface area contributed by atoms with Crippen LogP contribution in [-0.4, -0.2) is 17.1 Å². The van der Waals surface area contributed by atoms with Gasteiger partial charge in [0.25, 0.3) is 0 Å². The van der Waals surface area contributed by atoms with Crippen molar-refractivity contribution in [2.45, 2.75) is 64.3 Å². The summed E-state index contributed by atoms with van der Waals surface area (Å²) >= 11 is 0. The molecule has 0 amide bonds. The highest BCUT2D eigenvalue weighted by Crippen LogP contribution is 2.11. The molecule has 2 rings (SSSR count). The Labute approximate surface area is 151 Å². The smallest absolute Gasteiger partial charge is 0.346 e. The van der Waals surface area contributed by atoms with Crippen molar-refractivity contribution in [1.29, 1.82) is 0 Å². The molecule has 0 fully saturated rings. The summed E-state index contributed by atoms with van der Waals surface area (Å²) < 4.78 is 9.56. The van der Waals surface area contributed by atoms with Gasteiger partial charge in [0, 0.05) is 0 Å². The number of rotatable bonds is 13. The van der Waals surface area contributed by atoms with Gasteiger partial charge in [-0.25, -0.2) is 13.9 Å². The van der Waals surface area contributed by atoms with E-state index in [-0.39, 0.29) is 5.97 Å². The van der Waals surface area contributed by atoms with Gasteiger partial charge in [-0.2, -0.15) is 0 Å². The van der Waals surface area contributed by atoms with E-state index in [0.29, 0.717) is 12.2 Å². The van der Waals surface area contributed by atoms with E-state index in [4.69, 9.17) is 4.74 Å². The van der Waals surface area contributed by atoms with E-state index >= 15 is 0 Å². The Balaban J connectivity index is 1.32. The zero-order valence-corrected chi connectivity index (χ0v) is 15.5. The molecule has 0 spiro atoms. The Hall–Kier alpha value is -2.06. The molecule has 1 aromatic rings. The molecule has 1 aliphatic rings. The number of carbonyl (C=O) groups excluding carboxylic acids is 1. The summed E-state index contributed by atoms with van der Waals surface area (Å²) in [5, 5.41) is 0. The first kappa shape index (κ1) is 19.3. The van der Waals surface area contributed by atoms with Crippen LogP contribution in [0, 0.1) is 0 Å². The van der Waals surface area contributed by atoms with Crippen LogP contribution in [0.1, 0.15) is 57.8 Å².